The molecule has 1 unspecified atom stereocenters. The van der Waals surface area contributed by atoms with Gasteiger partial charge >= 0.3 is 0 Å². The number of methoxy groups -OCH3 is 1. The van der Waals surface area contributed by atoms with Crippen molar-refractivity contribution in [2.24, 2.45) is 0 Å². The normalized spacial score (nSPS) is 11.9. The molecule has 0 spiro atoms. The zero-order chi connectivity index (χ0) is 16.5. The number of hydrogen-bond acceptors (Lipinski definition) is 2. The summed E-state index contributed by atoms with van der Waals surface area (Å²) in [5.74, 6) is -0.0554. The van der Waals surface area contributed by atoms with Gasteiger partial charge in [0.25, 0.3) is 5.91 Å². The monoisotopic (exact) mass is 333 g/mol. The van der Waals surface area contributed by atoms with Gasteiger partial charge in [-0.1, -0.05) is 54.1 Å². The highest BCUT2D eigenvalue weighted by molar-refractivity contribution is 6.33. The van der Waals surface area contributed by atoms with Gasteiger partial charge in [0.1, 0.15) is 13.1 Å². The molecule has 0 aliphatic carbocycles. The molecule has 0 aliphatic rings. The first kappa shape index (κ1) is 17.5. The molecule has 0 bridgehead atoms. The predicted octanol–water partition coefficient (Wildman–Crippen LogP) is 2.01. The van der Waals surface area contributed by atoms with E-state index in [4.69, 9.17) is 16.3 Å². The van der Waals surface area contributed by atoms with E-state index < -0.39 is 0 Å². The molecular formula is C18H22ClN2O2+. The van der Waals surface area contributed by atoms with Gasteiger partial charge < -0.3 is 15.0 Å². The topological polar surface area (TPSA) is 42.8 Å². The van der Waals surface area contributed by atoms with Crippen molar-refractivity contribution in [1.29, 1.82) is 0 Å². The van der Waals surface area contributed by atoms with Gasteiger partial charge in [0, 0.05) is 12.7 Å². The summed E-state index contributed by atoms with van der Waals surface area (Å²) in [6.45, 7) is 2.52. The van der Waals surface area contributed by atoms with Crippen LogP contribution in [0.2, 0.25) is 5.02 Å². The SMILES string of the molecule is COCC[NH+](CC(=O)Nc1ccccc1Cl)Cc1ccccc1. The average molecular weight is 334 g/mol. The van der Waals surface area contributed by atoms with Crippen LogP contribution in [-0.2, 0) is 16.1 Å². The molecule has 0 aliphatic heterocycles. The van der Waals surface area contributed by atoms with Crippen molar-refractivity contribution in [3.05, 3.63) is 65.2 Å². The van der Waals surface area contributed by atoms with Gasteiger partial charge in [-0.25, -0.2) is 0 Å². The maximum absolute atomic E-state index is 12.3. The van der Waals surface area contributed by atoms with Crippen LogP contribution in [0.1, 0.15) is 5.56 Å². The summed E-state index contributed by atoms with van der Waals surface area (Å²) in [6, 6.07) is 17.4. The third-order valence-electron chi connectivity index (χ3n) is 3.52. The van der Waals surface area contributed by atoms with Crippen molar-refractivity contribution >= 4 is 23.2 Å². The fraction of sp³-hybridized carbons (Fsp3) is 0.278. The number of anilines is 1. The van der Waals surface area contributed by atoms with Gasteiger partial charge in [-0.3, -0.25) is 4.79 Å². The van der Waals surface area contributed by atoms with Gasteiger partial charge in [0.05, 0.1) is 17.3 Å². The largest absolute Gasteiger partial charge is 0.379 e. The highest BCUT2D eigenvalue weighted by Crippen LogP contribution is 2.19. The molecule has 0 saturated heterocycles. The maximum Gasteiger partial charge on any atom is 0.279 e. The Morgan fingerprint density at radius 2 is 1.83 bits per heavy atom. The third-order valence-corrected chi connectivity index (χ3v) is 3.84. The summed E-state index contributed by atoms with van der Waals surface area (Å²) in [5.41, 5.74) is 1.84. The lowest BCUT2D eigenvalue weighted by molar-refractivity contribution is -0.906. The van der Waals surface area contributed by atoms with Crippen LogP contribution < -0.4 is 10.2 Å². The summed E-state index contributed by atoms with van der Waals surface area (Å²) >= 11 is 6.08. The Morgan fingerprint density at radius 1 is 1.13 bits per heavy atom. The molecule has 0 radical (unpaired) electrons. The number of benzene rings is 2. The number of carbonyl (C=O) groups excluding carboxylic acids is 1. The second-order valence-electron chi connectivity index (χ2n) is 5.36. The molecular weight excluding hydrogens is 312 g/mol. The van der Waals surface area contributed by atoms with Crippen LogP contribution in [0.4, 0.5) is 5.69 Å². The van der Waals surface area contributed by atoms with E-state index >= 15 is 0 Å². The Balaban J connectivity index is 1.96. The van der Waals surface area contributed by atoms with Crippen molar-refractivity contribution in [1.82, 2.24) is 0 Å². The predicted molar refractivity (Wildman–Crippen MR) is 92.8 cm³/mol. The fourth-order valence-corrected chi connectivity index (χ4v) is 2.54. The number of nitrogens with one attached hydrogen (secondary N) is 2. The molecule has 2 rings (SSSR count). The molecule has 5 heteroatoms. The minimum Gasteiger partial charge on any atom is -0.379 e. The van der Waals surface area contributed by atoms with E-state index in [9.17, 15) is 4.79 Å². The minimum absolute atomic E-state index is 0.0554. The quantitative estimate of drug-likeness (QED) is 0.776. The van der Waals surface area contributed by atoms with E-state index in [1.54, 1.807) is 19.2 Å². The number of quaternary nitrogens is 1. The average Bonchev–Trinajstić information content (AvgIpc) is 2.56. The molecule has 0 heterocycles. The van der Waals surface area contributed by atoms with Crippen LogP contribution >= 0.6 is 11.6 Å². The molecule has 0 aromatic heterocycles. The summed E-state index contributed by atoms with van der Waals surface area (Å²) in [4.78, 5) is 13.4. The number of hydrogen-bond donors (Lipinski definition) is 2. The Morgan fingerprint density at radius 3 is 2.52 bits per heavy atom. The zero-order valence-corrected chi connectivity index (χ0v) is 14.0. The first-order chi connectivity index (χ1) is 11.2. The summed E-state index contributed by atoms with van der Waals surface area (Å²) in [5, 5.41) is 3.41. The van der Waals surface area contributed by atoms with Crippen molar-refractivity contribution in [2.75, 3.05) is 32.1 Å². The van der Waals surface area contributed by atoms with Crippen molar-refractivity contribution in [3.63, 3.8) is 0 Å². The third kappa shape index (κ3) is 6.02. The molecule has 0 fully saturated rings. The molecule has 23 heavy (non-hydrogen) atoms. The van der Waals surface area contributed by atoms with Gasteiger partial charge in [-0.05, 0) is 12.1 Å². The van der Waals surface area contributed by atoms with Crippen molar-refractivity contribution in [2.45, 2.75) is 6.54 Å². The molecule has 2 aromatic carbocycles. The minimum atomic E-state index is -0.0554. The van der Waals surface area contributed by atoms with E-state index in [2.05, 4.69) is 17.4 Å². The van der Waals surface area contributed by atoms with E-state index in [0.717, 1.165) is 18.0 Å². The lowest BCUT2D eigenvalue weighted by Gasteiger charge is -2.19. The fourth-order valence-electron chi connectivity index (χ4n) is 2.35. The second-order valence-corrected chi connectivity index (χ2v) is 5.77. The Hall–Kier alpha value is -1.88. The van der Waals surface area contributed by atoms with E-state index in [0.29, 0.717) is 23.9 Å². The van der Waals surface area contributed by atoms with Crippen LogP contribution in [0.5, 0.6) is 0 Å². The zero-order valence-electron chi connectivity index (χ0n) is 13.2. The number of halogens is 1. The van der Waals surface area contributed by atoms with Crippen molar-refractivity contribution in [3.8, 4) is 0 Å². The molecule has 2 N–H and O–H groups in total. The Labute approximate surface area is 142 Å². The number of amides is 1. The van der Waals surface area contributed by atoms with Gasteiger partial charge in [-0.15, -0.1) is 0 Å². The van der Waals surface area contributed by atoms with E-state index in [1.165, 1.54) is 5.56 Å². The van der Waals surface area contributed by atoms with Crippen LogP contribution in [0.3, 0.4) is 0 Å². The van der Waals surface area contributed by atoms with Gasteiger partial charge in [0.15, 0.2) is 6.54 Å². The van der Waals surface area contributed by atoms with Crippen LogP contribution in [0.15, 0.2) is 54.6 Å². The molecule has 0 saturated carbocycles. The number of carbonyl (C=O) groups is 1. The van der Waals surface area contributed by atoms with E-state index in [-0.39, 0.29) is 5.91 Å². The summed E-state index contributed by atoms with van der Waals surface area (Å²) in [6.07, 6.45) is 0. The summed E-state index contributed by atoms with van der Waals surface area (Å²) in [7, 11) is 1.67. The molecule has 1 amide bonds. The molecule has 122 valence electrons. The molecule has 1 atom stereocenters. The Bertz CT molecular complexity index is 619. The number of para-hydroxylation sites is 1. The van der Waals surface area contributed by atoms with Gasteiger partial charge in [-0.2, -0.15) is 0 Å². The smallest absolute Gasteiger partial charge is 0.279 e. The highest BCUT2D eigenvalue weighted by atomic mass is 35.5. The highest BCUT2D eigenvalue weighted by Gasteiger charge is 2.15. The van der Waals surface area contributed by atoms with Crippen LogP contribution in [0.25, 0.3) is 0 Å². The summed E-state index contributed by atoms with van der Waals surface area (Å²) < 4.78 is 5.16. The number of rotatable bonds is 8. The number of ether oxygens (including phenoxy) is 1. The molecule has 4 nitrogen and oxygen atoms in total. The standard InChI is InChI=1S/C18H21ClN2O2/c1-23-12-11-21(13-15-7-3-2-4-8-15)14-18(22)20-17-10-6-5-9-16(17)19/h2-10H,11-14H2,1H3,(H,20,22)/p+1. The second kappa shape index (κ2) is 9.30. The maximum atomic E-state index is 12.3. The first-order valence-corrected chi connectivity index (χ1v) is 7.97. The molecule has 2 aromatic rings. The van der Waals surface area contributed by atoms with E-state index in [1.807, 2.05) is 30.3 Å². The van der Waals surface area contributed by atoms with Gasteiger partial charge in [0.2, 0.25) is 0 Å². The van der Waals surface area contributed by atoms with Crippen LogP contribution in [0, 0.1) is 0 Å². The lowest BCUT2D eigenvalue weighted by Crippen LogP contribution is -3.12. The Kier molecular flexibility index (Phi) is 7.07. The van der Waals surface area contributed by atoms with Crippen LogP contribution in [-0.4, -0.2) is 32.7 Å². The van der Waals surface area contributed by atoms with Crippen molar-refractivity contribution < 1.29 is 14.4 Å². The first-order valence-electron chi connectivity index (χ1n) is 7.60. The lowest BCUT2D eigenvalue weighted by atomic mass is 10.2.